The monoisotopic (exact) mass is 397 g/mol. The van der Waals surface area contributed by atoms with Crippen molar-refractivity contribution in [1.29, 1.82) is 0 Å². The molecule has 0 unspecified atom stereocenters. The van der Waals surface area contributed by atoms with Crippen LogP contribution in [0.3, 0.4) is 0 Å². The Kier molecular flexibility index (Phi) is 7.20. The number of piperazine rings is 1. The molecule has 0 aliphatic carbocycles. The minimum atomic E-state index is -3.65. The van der Waals surface area contributed by atoms with Crippen LogP contribution in [0.2, 0.25) is 0 Å². The Morgan fingerprint density at radius 2 is 1.81 bits per heavy atom. The predicted molar refractivity (Wildman–Crippen MR) is 102 cm³/mol. The Hall–Kier alpha value is -2.13. The van der Waals surface area contributed by atoms with Gasteiger partial charge in [0.2, 0.25) is 15.9 Å². The van der Waals surface area contributed by atoms with Crippen molar-refractivity contribution in [2.75, 3.05) is 32.8 Å². The third-order valence-corrected chi connectivity index (χ3v) is 5.71. The zero-order valence-corrected chi connectivity index (χ0v) is 16.8. The molecule has 9 heteroatoms. The lowest BCUT2D eigenvalue weighted by Gasteiger charge is -2.35. The van der Waals surface area contributed by atoms with Crippen molar-refractivity contribution < 1.29 is 22.7 Å². The zero-order chi connectivity index (χ0) is 20.0. The highest BCUT2D eigenvalue weighted by Gasteiger charge is 2.29. The molecule has 1 heterocycles. The average Bonchev–Trinajstić information content (AvgIpc) is 2.60. The first-order valence-electron chi connectivity index (χ1n) is 8.98. The summed E-state index contributed by atoms with van der Waals surface area (Å²) in [6.45, 7) is 6.91. The van der Waals surface area contributed by atoms with Gasteiger partial charge in [0.1, 0.15) is 0 Å². The number of ether oxygens (including phenoxy) is 1. The summed E-state index contributed by atoms with van der Waals surface area (Å²) < 4.78 is 32.1. The maximum absolute atomic E-state index is 12.5. The van der Waals surface area contributed by atoms with Gasteiger partial charge in [-0.25, -0.2) is 17.9 Å². The van der Waals surface area contributed by atoms with Crippen LogP contribution < -0.4 is 4.72 Å². The van der Waals surface area contributed by atoms with E-state index in [0.29, 0.717) is 38.3 Å². The maximum Gasteiger partial charge on any atom is 0.409 e. The van der Waals surface area contributed by atoms with Crippen molar-refractivity contribution in [1.82, 2.24) is 14.5 Å². The molecule has 1 aliphatic rings. The van der Waals surface area contributed by atoms with E-state index in [1.54, 1.807) is 34.9 Å². The fourth-order valence-corrected chi connectivity index (χ4v) is 4.32. The van der Waals surface area contributed by atoms with Gasteiger partial charge in [-0.2, -0.15) is 0 Å². The highest BCUT2D eigenvalue weighted by atomic mass is 32.2. The number of carbonyl (C=O) groups excluding carboxylic acids is 2. The van der Waals surface area contributed by atoms with Crippen molar-refractivity contribution in [3.8, 4) is 0 Å². The van der Waals surface area contributed by atoms with Gasteiger partial charge >= 0.3 is 6.09 Å². The van der Waals surface area contributed by atoms with Crippen molar-refractivity contribution in [2.45, 2.75) is 32.6 Å². The molecule has 0 aromatic heterocycles. The summed E-state index contributed by atoms with van der Waals surface area (Å²) in [4.78, 5) is 27.4. The number of sulfonamides is 1. The Balaban J connectivity index is 1.89. The number of aryl methyl sites for hydroxylation is 1. The largest absolute Gasteiger partial charge is 0.450 e. The summed E-state index contributed by atoms with van der Waals surface area (Å²) >= 11 is 0. The molecule has 150 valence electrons. The molecular weight excluding hydrogens is 370 g/mol. The van der Waals surface area contributed by atoms with Gasteiger partial charge in [-0.05, 0) is 26.3 Å². The van der Waals surface area contributed by atoms with Crippen molar-refractivity contribution in [3.63, 3.8) is 0 Å². The summed E-state index contributed by atoms with van der Waals surface area (Å²) in [5, 5.41) is 0. The number of nitrogens with zero attached hydrogens (tertiary/aromatic N) is 2. The SMILES string of the molecule is CCOC(=O)N1CCN(C(=O)[C@H](C)NS(=O)(=O)Cc2cccc(C)c2)CC1. The van der Waals surface area contributed by atoms with E-state index < -0.39 is 22.2 Å². The summed E-state index contributed by atoms with van der Waals surface area (Å²) in [6.07, 6.45) is -0.392. The first-order valence-corrected chi connectivity index (χ1v) is 10.6. The quantitative estimate of drug-likeness (QED) is 0.776. The normalized spacial score (nSPS) is 16.1. The highest BCUT2D eigenvalue weighted by molar-refractivity contribution is 7.88. The second-order valence-electron chi connectivity index (χ2n) is 6.60. The molecule has 1 N–H and O–H groups in total. The number of benzene rings is 1. The van der Waals surface area contributed by atoms with E-state index in [1.807, 2.05) is 13.0 Å². The molecule has 1 aromatic carbocycles. The van der Waals surface area contributed by atoms with Gasteiger partial charge in [-0.1, -0.05) is 29.8 Å². The van der Waals surface area contributed by atoms with Crippen molar-refractivity contribution >= 4 is 22.0 Å². The molecular formula is C18H27N3O5S. The van der Waals surface area contributed by atoms with Crippen LogP contribution in [-0.4, -0.2) is 69.0 Å². The minimum absolute atomic E-state index is 0.178. The molecule has 1 saturated heterocycles. The molecule has 0 radical (unpaired) electrons. The number of nitrogens with one attached hydrogen (secondary N) is 1. The minimum Gasteiger partial charge on any atom is -0.450 e. The van der Waals surface area contributed by atoms with Crippen LogP contribution in [0.15, 0.2) is 24.3 Å². The van der Waals surface area contributed by atoms with Crippen molar-refractivity contribution in [2.24, 2.45) is 0 Å². The van der Waals surface area contributed by atoms with E-state index in [4.69, 9.17) is 4.74 Å². The molecule has 27 heavy (non-hydrogen) atoms. The van der Waals surface area contributed by atoms with E-state index in [0.717, 1.165) is 5.56 Å². The van der Waals surface area contributed by atoms with E-state index in [1.165, 1.54) is 6.92 Å². The van der Waals surface area contributed by atoms with Crippen LogP contribution in [0.4, 0.5) is 4.79 Å². The Morgan fingerprint density at radius 3 is 2.41 bits per heavy atom. The number of rotatable bonds is 6. The first-order chi connectivity index (χ1) is 12.7. The number of hydrogen-bond acceptors (Lipinski definition) is 5. The van der Waals surface area contributed by atoms with Crippen LogP contribution in [0.25, 0.3) is 0 Å². The molecule has 8 nitrogen and oxygen atoms in total. The number of hydrogen-bond donors (Lipinski definition) is 1. The average molecular weight is 397 g/mol. The van der Waals surface area contributed by atoms with Crippen LogP contribution in [0.5, 0.6) is 0 Å². The summed E-state index contributed by atoms with van der Waals surface area (Å²) in [5.41, 5.74) is 1.65. The zero-order valence-electron chi connectivity index (χ0n) is 16.0. The predicted octanol–water partition coefficient (Wildman–Crippen LogP) is 1.10. The molecule has 1 fully saturated rings. The summed E-state index contributed by atoms with van der Waals surface area (Å²) in [7, 11) is -3.65. The van der Waals surface area contributed by atoms with Crippen LogP contribution in [0.1, 0.15) is 25.0 Å². The van der Waals surface area contributed by atoms with Crippen molar-refractivity contribution in [3.05, 3.63) is 35.4 Å². The Bertz CT molecular complexity index is 773. The standard InChI is InChI=1S/C18H27N3O5S/c1-4-26-18(23)21-10-8-20(9-11-21)17(22)15(3)19-27(24,25)13-16-7-5-6-14(2)12-16/h5-7,12,15,19H,4,8-11,13H2,1-3H3/t15-/m0/s1. The number of carbonyl (C=O) groups is 2. The molecule has 2 amide bonds. The van der Waals surface area contributed by atoms with Gasteiger partial charge in [0.15, 0.2) is 0 Å². The maximum atomic E-state index is 12.5. The molecule has 1 atom stereocenters. The van der Waals surface area contributed by atoms with Gasteiger partial charge in [0.05, 0.1) is 18.4 Å². The van der Waals surface area contributed by atoms with Gasteiger partial charge in [0.25, 0.3) is 0 Å². The fraction of sp³-hybridized carbons (Fsp3) is 0.556. The molecule has 0 saturated carbocycles. The third-order valence-electron chi connectivity index (χ3n) is 4.28. The van der Waals surface area contributed by atoms with Gasteiger partial charge < -0.3 is 14.5 Å². The van der Waals surface area contributed by atoms with E-state index in [-0.39, 0.29) is 11.7 Å². The first kappa shape index (κ1) is 21.2. The topological polar surface area (TPSA) is 96.0 Å². The van der Waals surface area contributed by atoms with E-state index in [2.05, 4.69) is 4.72 Å². The molecule has 1 aromatic rings. The van der Waals surface area contributed by atoms with Gasteiger partial charge in [-0.3, -0.25) is 4.79 Å². The molecule has 0 bridgehead atoms. The Labute approximate surface area is 160 Å². The van der Waals surface area contributed by atoms with Gasteiger partial charge in [-0.15, -0.1) is 0 Å². The smallest absolute Gasteiger partial charge is 0.409 e. The lowest BCUT2D eigenvalue weighted by Crippen LogP contribution is -2.55. The van der Waals surface area contributed by atoms with Gasteiger partial charge in [0, 0.05) is 26.2 Å². The fourth-order valence-electron chi connectivity index (χ4n) is 2.98. The molecule has 2 rings (SSSR count). The number of amides is 2. The summed E-state index contributed by atoms with van der Waals surface area (Å²) in [5.74, 6) is -0.477. The van der Waals surface area contributed by atoms with E-state index >= 15 is 0 Å². The van der Waals surface area contributed by atoms with Crippen LogP contribution in [-0.2, 0) is 25.3 Å². The lowest BCUT2D eigenvalue weighted by atomic mass is 10.2. The van der Waals surface area contributed by atoms with E-state index in [9.17, 15) is 18.0 Å². The highest BCUT2D eigenvalue weighted by Crippen LogP contribution is 2.10. The third kappa shape index (κ3) is 6.21. The molecule has 0 spiro atoms. The second-order valence-corrected chi connectivity index (χ2v) is 8.35. The van der Waals surface area contributed by atoms with Crippen LogP contribution in [0, 0.1) is 6.92 Å². The molecule has 1 aliphatic heterocycles. The lowest BCUT2D eigenvalue weighted by molar-refractivity contribution is -0.134. The Morgan fingerprint density at radius 1 is 1.19 bits per heavy atom. The summed E-state index contributed by atoms with van der Waals surface area (Å²) in [6, 6.07) is 6.38. The second kappa shape index (κ2) is 9.18. The van der Waals surface area contributed by atoms with Crippen LogP contribution >= 0.6 is 0 Å².